The molecule has 0 amide bonds. The van der Waals surface area contributed by atoms with Crippen LogP contribution in [-0.2, 0) is 6.54 Å². The highest BCUT2D eigenvalue weighted by molar-refractivity contribution is 6.30. The van der Waals surface area contributed by atoms with E-state index >= 15 is 0 Å². The maximum Gasteiger partial charge on any atom is 0.141 e. The van der Waals surface area contributed by atoms with Crippen LogP contribution in [0.5, 0.6) is 5.75 Å². The highest BCUT2D eigenvalue weighted by Crippen LogP contribution is 2.19. The van der Waals surface area contributed by atoms with E-state index in [2.05, 4.69) is 12.2 Å². The molecule has 2 aromatic rings. The van der Waals surface area contributed by atoms with E-state index in [9.17, 15) is 4.39 Å². The van der Waals surface area contributed by atoms with Crippen molar-refractivity contribution in [1.29, 1.82) is 0 Å². The molecule has 0 saturated carbocycles. The van der Waals surface area contributed by atoms with E-state index in [0.717, 1.165) is 11.3 Å². The summed E-state index contributed by atoms with van der Waals surface area (Å²) in [5.41, 5.74) is 2.13. The van der Waals surface area contributed by atoms with E-state index in [0.29, 0.717) is 13.2 Å². The molecule has 0 spiro atoms. The fourth-order valence-electron chi connectivity index (χ4n) is 2.06. The van der Waals surface area contributed by atoms with Crippen molar-refractivity contribution in [3.63, 3.8) is 0 Å². The minimum atomic E-state index is -0.389. The van der Waals surface area contributed by atoms with Crippen molar-refractivity contribution >= 4 is 11.6 Å². The lowest BCUT2D eigenvalue weighted by molar-refractivity contribution is 0.340. The van der Waals surface area contributed by atoms with Gasteiger partial charge in [-0.25, -0.2) is 4.39 Å². The van der Waals surface area contributed by atoms with Crippen LogP contribution < -0.4 is 10.1 Å². The first-order valence-electron chi connectivity index (χ1n) is 7.00. The molecule has 0 fully saturated rings. The van der Waals surface area contributed by atoms with Gasteiger partial charge in [0, 0.05) is 12.6 Å². The average molecular weight is 308 g/mol. The van der Waals surface area contributed by atoms with Gasteiger partial charge < -0.3 is 10.1 Å². The van der Waals surface area contributed by atoms with Crippen LogP contribution in [0.15, 0.2) is 42.5 Å². The number of ether oxygens (including phenoxy) is 1. The molecule has 0 aliphatic carbocycles. The summed E-state index contributed by atoms with van der Waals surface area (Å²) < 4.78 is 18.5. The van der Waals surface area contributed by atoms with E-state index in [-0.39, 0.29) is 16.9 Å². The molecule has 0 saturated heterocycles. The topological polar surface area (TPSA) is 21.3 Å². The predicted molar refractivity (Wildman–Crippen MR) is 84.3 cm³/mol. The molecule has 2 aromatic carbocycles. The van der Waals surface area contributed by atoms with Crippen molar-refractivity contribution in [2.75, 3.05) is 6.61 Å². The molecule has 4 heteroatoms. The SMILES string of the molecule is CCOc1ccc(C(C)NCc2ccc(F)c(Cl)c2)cc1. The summed E-state index contributed by atoms with van der Waals surface area (Å²) in [6.07, 6.45) is 0. The molecule has 21 heavy (non-hydrogen) atoms. The fraction of sp³-hybridized carbons (Fsp3) is 0.294. The first-order chi connectivity index (χ1) is 10.1. The lowest BCUT2D eigenvalue weighted by Crippen LogP contribution is -2.18. The summed E-state index contributed by atoms with van der Waals surface area (Å²) in [5, 5.41) is 3.55. The van der Waals surface area contributed by atoms with Crippen molar-refractivity contribution in [1.82, 2.24) is 5.32 Å². The normalized spacial score (nSPS) is 12.2. The lowest BCUT2D eigenvalue weighted by Gasteiger charge is -2.15. The van der Waals surface area contributed by atoms with Gasteiger partial charge in [-0.1, -0.05) is 29.8 Å². The first kappa shape index (κ1) is 15.8. The fourth-order valence-corrected chi connectivity index (χ4v) is 2.26. The van der Waals surface area contributed by atoms with Gasteiger partial charge in [0.15, 0.2) is 0 Å². The molecule has 1 atom stereocenters. The van der Waals surface area contributed by atoms with Gasteiger partial charge >= 0.3 is 0 Å². The third-order valence-electron chi connectivity index (χ3n) is 3.29. The number of rotatable bonds is 6. The summed E-state index contributed by atoms with van der Waals surface area (Å²) in [4.78, 5) is 0. The van der Waals surface area contributed by atoms with Gasteiger partial charge in [0.1, 0.15) is 11.6 Å². The van der Waals surface area contributed by atoms with E-state index in [4.69, 9.17) is 16.3 Å². The molecule has 0 aliphatic heterocycles. The van der Waals surface area contributed by atoms with E-state index in [1.807, 2.05) is 31.2 Å². The van der Waals surface area contributed by atoms with Crippen LogP contribution in [0, 0.1) is 5.82 Å². The Balaban J connectivity index is 1.94. The molecule has 0 heterocycles. The Morgan fingerprint density at radius 3 is 2.52 bits per heavy atom. The Labute approximate surface area is 129 Å². The maximum atomic E-state index is 13.1. The smallest absolute Gasteiger partial charge is 0.141 e. The monoisotopic (exact) mass is 307 g/mol. The molecule has 1 unspecified atom stereocenters. The molecule has 0 bridgehead atoms. The second kappa shape index (κ2) is 7.43. The molecule has 2 nitrogen and oxygen atoms in total. The average Bonchev–Trinajstić information content (AvgIpc) is 2.49. The minimum absolute atomic E-state index is 0.156. The van der Waals surface area contributed by atoms with Gasteiger partial charge in [0.2, 0.25) is 0 Å². The molecule has 0 aromatic heterocycles. The molecule has 0 radical (unpaired) electrons. The van der Waals surface area contributed by atoms with Crippen LogP contribution in [0.2, 0.25) is 5.02 Å². The summed E-state index contributed by atoms with van der Waals surface area (Å²) in [6, 6.07) is 13.0. The Bertz CT molecular complexity index is 586. The van der Waals surface area contributed by atoms with Crippen molar-refractivity contribution in [3.05, 3.63) is 64.4 Å². The zero-order valence-electron chi connectivity index (χ0n) is 12.2. The van der Waals surface area contributed by atoms with Crippen molar-refractivity contribution in [2.45, 2.75) is 26.4 Å². The van der Waals surface area contributed by atoms with Crippen LogP contribution in [0.3, 0.4) is 0 Å². The molecular weight excluding hydrogens is 289 g/mol. The van der Waals surface area contributed by atoms with Crippen LogP contribution in [0.1, 0.15) is 31.0 Å². The Morgan fingerprint density at radius 2 is 1.90 bits per heavy atom. The van der Waals surface area contributed by atoms with E-state index in [1.54, 1.807) is 12.1 Å². The minimum Gasteiger partial charge on any atom is -0.494 e. The number of hydrogen-bond donors (Lipinski definition) is 1. The standard InChI is InChI=1S/C17H19ClFNO/c1-3-21-15-7-5-14(6-8-15)12(2)20-11-13-4-9-17(19)16(18)10-13/h4-10,12,20H,3,11H2,1-2H3. The van der Waals surface area contributed by atoms with E-state index in [1.165, 1.54) is 11.6 Å². The third kappa shape index (κ3) is 4.45. The highest BCUT2D eigenvalue weighted by atomic mass is 35.5. The Kier molecular flexibility index (Phi) is 5.59. The maximum absolute atomic E-state index is 13.1. The molecule has 0 aliphatic rings. The van der Waals surface area contributed by atoms with Gasteiger partial charge in [-0.2, -0.15) is 0 Å². The largest absolute Gasteiger partial charge is 0.494 e. The number of nitrogens with one attached hydrogen (secondary N) is 1. The quantitative estimate of drug-likeness (QED) is 0.833. The highest BCUT2D eigenvalue weighted by Gasteiger charge is 2.06. The summed E-state index contributed by atoms with van der Waals surface area (Å²) in [6.45, 7) is 5.35. The zero-order valence-corrected chi connectivity index (χ0v) is 13.0. The van der Waals surface area contributed by atoms with E-state index < -0.39 is 0 Å². The summed E-state index contributed by atoms with van der Waals surface area (Å²) >= 11 is 5.78. The van der Waals surface area contributed by atoms with Gasteiger partial charge in [-0.15, -0.1) is 0 Å². The Morgan fingerprint density at radius 1 is 1.19 bits per heavy atom. The second-order valence-corrected chi connectivity index (χ2v) is 5.26. The zero-order chi connectivity index (χ0) is 15.2. The first-order valence-corrected chi connectivity index (χ1v) is 7.38. The summed E-state index contributed by atoms with van der Waals surface area (Å²) in [5.74, 6) is 0.485. The van der Waals surface area contributed by atoms with Crippen LogP contribution in [0.25, 0.3) is 0 Å². The number of halogens is 2. The molecule has 2 rings (SSSR count). The predicted octanol–water partition coefficient (Wildman–Crippen LogP) is 4.73. The Hall–Kier alpha value is -1.58. The van der Waals surface area contributed by atoms with Gasteiger partial charge in [-0.3, -0.25) is 0 Å². The molecule has 112 valence electrons. The second-order valence-electron chi connectivity index (χ2n) is 4.85. The number of hydrogen-bond acceptors (Lipinski definition) is 2. The number of benzene rings is 2. The van der Waals surface area contributed by atoms with Gasteiger partial charge in [0.25, 0.3) is 0 Å². The van der Waals surface area contributed by atoms with Crippen LogP contribution in [-0.4, -0.2) is 6.61 Å². The van der Waals surface area contributed by atoms with Crippen LogP contribution >= 0.6 is 11.6 Å². The third-order valence-corrected chi connectivity index (χ3v) is 3.58. The van der Waals surface area contributed by atoms with Crippen molar-refractivity contribution in [2.24, 2.45) is 0 Å². The van der Waals surface area contributed by atoms with Gasteiger partial charge in [0.05, 0.1) is 11.6 Å². The van der Waals surface area contributed by atoms with Gasteiger partial charge in [-0.05, 0) is 49.2 Å². The summed E-state index contributed by atoms with van der Waals surface area (Å²) in [7, 11) is 0. The van der Waals surface area contributed by atoms with Crippen LogP contribution in [0.4, 0.5) is 4.39 Å². The van der Waals surface area contributed by atoms with Crippen molar-refractivity contribution < 1.29 is 9.13 Å². The lowest BCUT2D eigenvalue weighted by atomic mass is 10.1. The van der Waals surface area contributed by atoms with Crippen molar-refractivity contribution in [3.8, 4) is 5.75 Å². The molecule has 1 N–H and O–H groups in total. The molecular formula is C17H19ClFNO.